The molecule has 1 aromatic heterocycles. The number of hydrogen-bond donors (Lipinski definition) is 1. The van der Waals surface area contributed by atoms with E-state index in [1.165, 1.54) is 17.2 Å². The zero-order valence-corrected chi connectivity index (χ0v) is 15.3. The van der Waals surface area contributed by atoms with Gasteiger partial charge >= 0.3 is 0 Å². The summed E-state index contributed by atoms with van der Waals surface area (Å²) in [7, 11) is 0. The fourth-order valence-corrected chi connectivity index (χ4v) is 2.70. The number of rotatable bonds is 4. The molecule has 1 N–H and O–H groups in total. The summed E-state index contributed by atoms with van der Waals surface area (Å²) in [5, 5.41) is 6.81. The Hall–Kier alpha value is -3.21. The molecule has 0 saturated carbocycles. The Balaban J connectivity index is 1.80. The maximum absolute atomic E-state index is 12.4. The van der Waals surface area contributed by atoms with Gasteiger partial charge in [0.05, 0.1) is 5.69 Å². The normalized spacial score (nSPS) is 11.1. The van der Waals surface area contributed by atoms with E-state index in [0.717, 1.165) is 11.1 Å². The van der Waals surface area contributed by atoms with E-state index < -0.39 is 0 Å². The number of aromatic nitrogens is 2. The van der Waals surface area contributed by atoms with Crippen LogP contribution in [0.2, 0.25) is 0 Å². The van der Waals surface area contributed by atoms with Gasteiger partial charge in [0, 0.05) is 18.6 Å². The third kappa shape index (κ3) is 3.88. The quantitative estimate of drug-likeness (QED) is 0.699. The van der Waals surface area contributed by atoms with Crippen molar-refractivity contribution in [2.75, 3.05) is 5.32 Å². The SMILES string of the molecule is Cc1nc(-c2ccccc2NC(=O)/C=C/c2cc(C)c(C)cc2C)no1. The molecule has 26 heavy (non-hydrogen) atoms. The molecule has 132 valence electrons. The smallest absolute Gasteiger partial charge is 0.248 e. The number of nitrogens with one attached hydrogen (secondary N) is 1. The lowest BCUT2D eigenvalue weighted by Crippen LogP contribution is -2.09. The topological polar surface area (TPSA) is 68.0 Å². The fourth-order valence-electron chi connectivity index (χ4n) is 2.70. The van der Waals surface area contributed by atoms with Gasteiger partial charge in [-0.15, -0.1) is 0 Å². The van der Waals surface area contributed by atoms with Gasteiger partial charge in [0.15, 0.2) is 0 Å². The Morgan fingerprint density at radius 2 is 1.77 bits per heavy atom. The van der Waals surface area contributed by atoms with Gasteiger partial charge in [-0.05, 0) is 61.2 Å². The monoisotopic (exact) mass is 347 g/mol. The average molecular weight is 347 g/mol. The van der Waals surface area contributed by atoms with E-state index in [2.05, 4.69) is 41.4 Å². The molecule has 1 heterocycles. The Labute approximate surface area is 152 Å². The van der Waals surface area contributed by atoms with Crippen LogP contribution >= 0.6 is 0 Å². The molecule has 0 aliphatic rings. The summed E-state index contributed by atoms with van der Waals surface area (Å²) in [5.74, 6) is 0.717. The van der Waals surface area contributed by atoms with Crippen LogP contribution in [0.4, 0.5) is 5.69 Å². The lowest BCUT2D eigenvalue weighted by molar-refractivity contribution is -0.111. The lowest BCUT2D eigenvalue weighted by atomic mass is 10.0. The van der Waals surface area contributed by atoms with Crippen LogP contribution in [0.15, 0.2) is 47.0 Å². The first-order valence-corrected chi connectivity index (χ1v) is 8.40. The Bertz CT molecular complexity index is 987. The minimum absolute atomic E-state index is 0.213. The Kier molecular flexibility index (Phi) is 4.98. The van der Waals surface area contributed by atoms with Gasteiger partial charge in [-0.1, -0.05) is 29.4 Å². The predicted molar refractivity (Wildman–Crippen MR) is 103 cm³/mol. The molecule has 0 atom stereocenters. The van der Waals surface area contributed by atoms with Crippen LogP contribution in [0.3, 0.4) is 0 Å². The summed E-state index contributed by atoms with van der Waals surface area (Å²) >= 11 is 0. The van der Waals surface area contributed by atoms with Gasteiger partial charge in [0.2, 0.25) is 17.6 Å². The van der Waals surface area contributed by atoms with E-state index in [4.69, 9.17) is 4.52 Å². The van der Waals surface area contributed by atoms with E-state index in [1.807, 2.05) is 37.3 Å². The molecule has 0 unspecified atom stereocenters. The van der Waals surface area contributed by atoms with Crippen molar-refractivity contribution in [3.8, 4) is 11.4 Å². The number of benzene rings is 2. The van der Waals surface area contributed by atoms with E-state index >= 15 is 0 Å². The first-order chi connectivity index (χ1) is 12.4. The van der Waals surface area contributed by atoms with E-state index in [1.54, 1.807) is 6.92 Å². The molecule has 0 radical (unpaired) electrons. The fraction of sp³-hybridized carbons (Fsp3) is 0.190. The number of aryl methyl sites for hydroxylation is 4. The molecule has 0 aliphatic heterocycles. The number of para-hydroxylation sites is 1. The minimum Gasteiger partial charge on any atom is -0.339 e. The summed E-state index contributed by atoms with van der Waals surface area (Å²) in [6.07, 6.45) is 3.37. The van der Waals surface area contributed by atoms with Crippen molar-refractivity contribution in [3.05, 3.63) is 70.6 Å². The third-order valence-electron chi connectivity index (χ3n) is 4.25. The second-order valence-electron chi connectivity index (χ2n) is 6.30. The number of nitrogens with zero attached hydrogens (tertiary/aromatic N) is 2. The second-order valence-corrected chi connectivity index (χ2v) is 6.30. The Morgan fingerprint density at radius 1 is 1.04 bits per heavy atom. The summed E-state index contributed by atoms with van der Waals surface area (Å²) in [5.41, 5.74) is 5.97. The second kappa shape index (κ2) is 7.35. The molecule has 0 bridgehead atoms. The van der Waals surface area contributed by atoms with E-state index in [9.17, 15) is 4.79 Å². The van der Waals surface area contributed by atoms with Crippen LogP contribution in [0.1, 0.15) is 28.1 Å². The van der Waals surface area contributed by atoms with E-state index in [-0.39, 0.29) is 5.91 Å². The van der Waals surface area contributed by atoms with Gasteiger partial charge in [-0.25, -0.2) is 0 Å². The third-order valence-corrected chi connectivity index (χ3v) is 4.25. The molecular formula is C21H21N3O2. The van der Waals surface area contributed by atoms with Crippen LogP contribution in [0.5, 0.6) is 0 Å². The first kappa shape index (κ1) is 17.6. The minimum atomic E-state index is -0.213. The Morgan fingerprint density at radius 3 is 2.50 bits per heavy atom. The van der Waals surface area contributed by atoms with Gasteiger partial charge in [-0.3, -0.25) is 4.79 Å². The molecule has 0 aliphatic carbocycles. The highest BCUT2D eigenvalue weighted by Crippen LogP contribution is 2.25. The molecule has 0 saturated heterocycles. The highest BCUT2D eigenvalue weighted by Gasteiger charge is 2.11. The van der Waals surface area contributed by atoms with Crippen molar-refractivity contribution in [1.82, 2.24) is 10.1 Å². The van der Waals surface area contributed by atoms with Gasteiger partial charge in [0.25, 0.3) is 0 Å². The van der Waals surface area contributed by atoms with Crippen LogP contribution < -0.4 is 5.32 Å². The summed E-state index contributed by atoms with van der Waals surface area (Å²) < 4.78 is 5.03. The van der Waals surface area contributed by atoms with Crippen molar-refractivity contribution in [1.29, 1.82) is 0 Å². The predicted octanol–water partition coefficient (Wildman–Crippen LogP) is 4.62. The largest absolute Gasteiger partial charge is 0.339 e. The zero-order chi connectivity index (χ0) is 18.7. The number of amides is 1. The molecule has 3 aromatic rings. The molecule has 1 amide bonds. The van der Waals surface area contributed by atoms with Gasteiger partial charge < -0.3 is 9.84 Å². The van der Waals surface area contributed by atoms with Crippen LogP contribution in [0.25, 0.3) is 17.5 Å². The van der Waals surface area contributed by atoms with Crippen LogP contribution in [-0.4, -0.2) is 16.0 Å². The molecule has 3 rings (SSSR count). The number of hydrogen-bond acceptors (Lipinski definition) is 4. The average Bonchev–Trinajstić information content (AvgIpc) is 3.03. The number of anilines is 1. The number of carbonyl (C=O) groups excluding carboxylic acids is 1. The standard InChI is InChI=1S/C21H21N3O2/c1-13-11-15(3)17(12-14(13)2)9-10-20(25)23-19-8-6-5-7-18(19)21-22-16(4)26-24-21/h5-12H,1-4H3,(H,23,25)/b10-9+. The summed E-state index contributed by atoms with van der Waals surface area (Å²) in [4.78, 5) is 16.6. The molecule has 2 aromatic carbocycles. The number of carbonyl (C=O) groups is 1. The first-order valence-electron chi connectivity index (χ1n) is 8.40. The summed E-state index contributed by atoms with van der Waals surface area (Å²) in [6.45, 7) is 7.92. The highest BCUT2D eigenvalue weighted by molar-refractivity contribution is 6.04. The summed E-state index contributed by atoms with van der Waals surface area (Å²) in [6, 6.07) is 11.6. The van der Waals surface area contributed by atoms with Crippen LogP contribution in [0, 0.1) is 27.7 Å². The maximum atomic E-state index is 12.4. The maximum Gasteiger partial charge on any atom is 0.248 e. The lowest BCUT2D eigenvalue weighted by Gasteiger charge is -2.08. The van der Waals surface area contributed by atoms with Gasteiger partial charge in [0.1, 0.15) is 0 Å². The van der Waals surface area contributed by atoms with Crippen molar-refractivity contribution in [2.45, 2.75) is 27.7 Å². The van der Waals surface area contributed by atoms with E-state index in [0.29, 0.717) is 23.0 Å². The zero-order valence-electron chi connectivity index (χ0n) is 15.3. The molecule has 5 heteroatoms. The van der Waals surface area contributed by atoms with Crippen molar-refractivity contribution in [3.63, 3.8) is 0 Å². The van der Waals surface area contributed by atoms with Crippen molar-refractivity contribution < 1.29 is 9.32 Å². The molecule has 5 nitrogen and oxygen atoms in total. The molecule has 0 fully saturated rings. The van der Waals surface area contributed by atoms with Gasteiger partial charge in [-0.2, -0.15) is 4.98 Å². The molecular weight excluding hydrogens is 326 g/mol. The molecule has 0 spiro atoms. The van der Waals surface area contributed by atoms with Crippen molar-refractivity contribution >= 4 is 17.7 Å². The van der Waals surface area contributed by atoms with Crippen LogP contribution in [-0.2, 0) is 4.79 Å². The van der Waals surface area contributed by atoms with Crippen molar-refractivity contribution in [2.24, 2.45) is 0 Å². The highest BCUT2D eigenvalue weighted by atomic mass is 16.5.